The first kappa shape index (κ1) is 25.8. The van der Waals surface area contributed by atoms with E-state index in [-0.39, 0.29) is 49.1 Å². The average molecular weight is 483 g/mol. The number of carboxylic acids is 1. The minimum atomic E-state index is -3.90. The van der Waals surface area contributed by atoms with E-state index in [0.717, 1.165) is 4.31 Å². The molecule has 0 saturated heterocycles. The highest BCUT2D eigenvalue weighted by Gasteiger charge is 2.40. The van der Waals surface area contributed by atoms with Gasteiger partial charge in [-0.3, -0.25) is 24.0 Å². The lowest BCUT2D eigenvalue weighted by Crippen LogP contribution is -2.51. The molecule has 0 bridgehead atoms. The number of sulfonamides is 1. The first-order valence-electron chi connectivity index (χ1n) is 10.2. The van der Waals surface area contributed by atoms with Crippen molar-refractivity contribution in [3.05, 3.63) is 29.8 Å². The van der Waals surface area contributed by atoms with Crippen LogP contribution < -0.4 is 16.4 Å². The molecule has 13 heteroatoms. The van der Waals surface area contributed by atoms with Crippen LogP contribution in [-0.4, -0.2) is 66.1 Å². The summed E-state index contributed by atoms with van der Waals surface area (Å²) in [5, 5.41) is 13.4. The largest absolute Gasteiger partial charge is 0.481 e. The van der Waals surface area contributed by atoms with E-state index in [9.17, 15) is 32.4 Å². The Kier molecular flexibility index (Phi) is 8.51. The van der Waals surface area contributed by atoms with E-state index in [0.29, 0.717) is 0 Å². The molecule has 1 aromatic carbocycles. The molecule has 1 aliphatic heterocycles. The van der Waals surface area contributed by atoms with Crippen LogP contribution in [0.25, 0.3) is 0 Å². The van der Waals surface area contributed by atoms with Gasteiger partial charge in [0.15, 0.2) is 0 Å². The molecule has 1 aromatic rings. The van der Waals surface area contributed by atoms with E-state index < -0.39 is 51.7 Å². The Morgan fingerprint density at radius 2 is 1.76 bits per heavy atom. The number of nitrogens with two attached hydrogens (primary N) is 1. The summed E-state index contributed by atoms with van der Waals surface area (Å²) in [7, 11) is -3.90. The normalized spacial score (nSPS) is 15.9. The van der Waals surface area contributed by atoms with Crippen molar-refractivity contribution in [2.45, 2.75) is 56.0 Å². The van der Waals surface area contributed by atoms with E-state index >= 15 is 0 Å². The lowest BCUT2D eigenvalue weighted by molar-refractivity contribution is -0.137. The Morgan fingerprint density at radius 3 is 2.36 bits per heavy atom. The van der Waals surface area contributed by atoms with Crippen LogP contribution in [0.4, 0.5) is 0 Å². The van der Waals surface area contributed by atoms with Crippen molar-refractivity contribution in [1.29, 1.82) is 0 Å². The van der Waals surface area contributed by atoms with Crippen molar-refractivity contribution in [2.75, 3.05) is 6.54 Å². The smallest absolute Gasteiger partial charge is 0.303 e. The second kappa shape index (κ2) is 10.9. The van der Waals surface area contributed by atoms with E-state index in [1.54, 1.807) is 6.07 Å². The number of unbranched alkanes of at least 4 members (excludes halogenated alkanes) is 1. The van der Waals surface area contributed by atoms with Gasteiger partial charge in [0, 0.05) is 19.4 Å². The molecule has 0 fully saturated rings. The minimum absolute atomic E-state index is 0.0229. The lowest BCUT2D eigenvalue weighted by atomic mass is 10.1. The Labute approximate surface area is 190 Å². The van der Waals surface area contributed by atoms with E-state index in [1.165, 1.54) is 25.1 Å². The fraction of sp³-hybridized carbons (Fsp3) is 0.450. The summed E-state index contributed by atoms with van der Waals surface area (Å²) in [5.74, 6) is -3.84. The molecule has 0 saturated carbocycles. The van der Waals surface area contributed by atoms with Gasteiger partial charge in [0.1, 0.15) is 17.0 Å². The summed E-state index contributed by atoms with van der Waals surface area (Å²) >= 11 is 0. The second-order valence-electron chi connectivity index (χ2n) is 7.52. The molecule has 0 aliphatic carbocycles. The summed E-state index contributed by atoms with van der Waals surface area (Å²) in [5.41, 5.74) is 5.28. The van der Waals surface area contributed by atoms with E-state index in [4.69, 9.17) is 10.8 Å². The summed E-state index contributed by atoms with van der Waals surface area (Å²) in [6.45, 7) is 1.30. The molecule has 1 heterocycles. The zero-order valence-corrected chi connectivity index (χ0v) is 18.8. The number of primary amides is 1. The quantitative estimate of drug-likeness (QED) is 0.282. The number of nitrogens with zero attached hydrogens (tertiary/aromatic N) is 1. The lowest BCUT2D eigenvalue weighted by Gasteiger charge is -2.19. The van der Waals surface area contributed by atoms with Gasteiger partial charge in [-0.1, -0.05) is 12.1 Å². The molecule has 5 N–H and O–H groups in total. The van der Waals surface area contributed by atoms with Crippen LogP contribution in [0.3, 0.4) is 0 Å². The first-order valence-corrected chi connectivity index (χ1v) is 11.7. The van der Waals surface area contributed by atoms with Crippen LogP contribution in [0, 0.1) is 0 Å². The Morgan fingerprint density at radius 1 is 1.09 bits per heavy atom. The second-order valence-corrected chi connectivity index (χ2v) is 9.35. The van der Waals surface area contributed by atoms with E-state index in [2.05, 4.69) is 10.6 Å². The van der Waals surface area contributed by atoms with Gasteiger partial charge in [-0.05, 0) is 38.3 Å². The monoisotopic (exact) mass is 482 g/mol. The third-order valence-electron chi connectivity index (χ3n) is 5.00. The molecule has 0 spiro atoms. The summed E-state index contributed by atoms with van der Waals surface area (Å²) in [4.78, 5) is 58.6. The first-order chi connectivity index (χ1) is 15.4. The van der Waals surface area contributed by atoms with Crippen molar-refractivity contribution in [3.63, 3.8) is 0 Å². The minimum Gasteiger partial charge on any atom is -0.481 e. The number of carboxylic acid groups (broad SMARTS) is 1. The molecule has 2 rings (SSSR count). The zero-order valence-electron chi connectivity index (χ0n) is 17.9. The average Bonchev–Trinajstić information content (AvgIpc) is 2.93. The van der Waals surface area contributed by atoms with Gasteiger partial charge in [-0.2, -0.15) is 0 Å². The van der Waals surface area contributed by atoms with Crippen molar-refractivity contribution in [2.24, 2.45) is 5.73 Å². The fourth-order valence-corrected chi connectivity index (χ4v) is 4.83. The summed E-state index contributed by atoms with van der Waals surface area (Å²) < 4.78 is 25.7. The maximum Gasteiger partial charge on any atom is 0.303 e. The topological polar surface area (TPSA) is 193 Å². The van der Waals surface area contributed by atoms with Gasteiger partial charge in [-0.25, -0.2) is 12.7 Å². The fourth-order valence-electron chi connectivity index (χ4n) is 3.22. The molecule has 0 radical (unpaired) electrons. The molecule has 33 heavy (non-hydrogen) atoms. The number of hydrogen-bond acceptors (Lipinski definition) is 7. The van der Waals surface area contributed by atoms with Gasteiger partial charge in [-0.15, -0.1) is 0 Å². The number of rotatable bonds is 12. The number of carbonyl (C=O) groups is 5. The number of fused-ring (bicyclic) bond motifs is 1. The Bertz CT molecular complexity index is 1060. The summed E-state index contributed by atoms with van der Waals surface area (Å²) in [6, 6.07) is 3.73. The molecule has 12 nitrogen and oxygen atoms in total. The highest BCUT2D eigenvalue weighted by molar-refractivity contribution is 7.90. The predicted octanol–water partition coefficient (Wildman–Crippen LogP) is -0.659. The van der Waals surface area contributed by atoms with Gasteiger partial charge >= 0.3 is 5.97 Å². The summed E-state index contributed by atoms with van der Waals surface area (Å²) in [6.07, 6.45) is -0.0663. The Balaban J connectivity index is 1.78. The van der Waals surface area contributed by atoms with Gasteiger partial charge < -0.3 is 21.5 Å². The van der Waals surface area contributed by atoms with Gasteiger partial charge in [0.05, 0.1) is 5.56 Å². The zero-order chi connectivity index (χ0) is 24.8. The molecule has 2 atom stereocenters. The molecule has 180 valence electrons. The van der Waals surface area contributed by atoms with Crippen LogP contribution in [0.1, 0.15) is 49.4 Å². The van der Waals surface area contributed by atoms with Crippen LogP contribution in [-0.2, 0) is 29.2 Å². The van der Waals surface area contributed by atoms with Crippen molar-refractivity contribution in [1.82, 2.24) is 14.9 Å². The molecular formula is C20H26N4O8S. The number of hydrogen-bond donors (Lipinski definition) is 4. The standard InChI is InChI=1S/C20H26N4O8S/c1-12(19(29)23-14(18(21)28)9-10-17(26)27)22-16(25)8-4-5-11-24-20(30)13-6-2-3-7-15(13)33(24,31)32/h2-3,6-7,12,14H,4-5,8-11H2,1H3,(H2,21,28)(H,22,25)(H,23,29)(H,26,27)/t12-,14-/m0/s1. The molecular weight excluding hydrogens is 456 g/mol. The SMILES string of the molecule is C[C@H](NC(=O)CCCCN1C(=O)c2ccccc2S1(=O)=O)C(=O)N[C@@H](CCC(=O)O)C(N)=O. The highest BCUT2D eigenvalue weighted by atomic mass is 32.2. The maximum absolute atomic E-state index is 12.5. The van der Waals surface area contributed by atoms with Gasteiger partial charge in [0.2, 0.25) is 17.7 Å². The third kappa shape index (κ3) is 6.51. The van der Waals surface area contributed by atoms with Crippen molar-refractivity contribution in [3.8, 4) is 0 Å². The number of benzene rings is 1. The van der Waals surface area contributed by atoms with Crippen LogP contribution in [0.5, 0.6) is 0 Å². The van der Waals surface area contributed by atoms with Crippen molar-refractivity contribution >= 4 is 39.6 Å². The number of carbonyl (C=O) groups excluding carboxylic acids is 4. The number of amides is 4. The van der Waals surface area contributed by atoms with Crippen LogP contribution in [0.2, 0.25) is 0 Å². The molecule has 0 aromatic heterocycles. The van der Waals surface area contributed by atoms with Crippen LogP contribution in [0.15, 0.2) is 29.2 Å². The van der Waals surface area contributed by atoms with Gasteiger partial charge in [0.25, 0.3) is 15.9 Å². The molecule has 0 unspecified atom stereocenters. The maximum atomic E-state index is 12.5. The van der Waals surface area contributed by atoms with Crippen molar-refractivity contribution < 1.29 is 37.5 Å². The molecule has 4 amide bonds. The van der Waals surface area contributed by atoms with E-state index in [1.807, 2.05) is 0 Å². The highest BCUT2D eigenvalue weighted by Crippen LogP contribution is 2.30. The Hall–Kier alpha value is -3.48. The predicted molar refractivity (Wildman–Crippen MR) is 114 cm³/mol. The van der Waals surface area contributed by atoms with Crippen LogP contribution >= 0.6 is 0 Å². The number of nitrogens with one attached hydrogen (secondary N) is 2. The molecule has 1 aliphatic rings. The number of aliphatic carboxylic acids is 1. The third-order valence-corrected chi connectivity index (χ3v) is 6.85.